The first kappa shape index (κ1) is 9.99. The highest BCUT2D eigenvalue weighted by atomic mass is 32.2. The monoisotopic (exact) mass is 204 g/mol. The molecule has 12 heavy (non-hydrogen) atoms. The van der Waals surface area contributed by atoms with E-state index in [2.05, 4.69) is 5.41 Å². The fraction of sp³-hybridized carbons (Fsp3) is 0.625. The van der Waals surface area contributed by atoms with Gasteiger partial charge in [0.1, 0.15) is 0 Å². The van der Waals surface area contributed by atoms with Gasteiger partial charge in [-0.25, -0.2) is 0 Å². The van der Waals surface area contributed by atoms with E-state index < -0.39 is 0 Å². The molecule has 1 rings (SSSR count). The molecule has 0 atom stereocenters. The van der Waals surface area contributed by atoms with Crippen LogP contribution in [0.25, 0.3) is 0 Å². The second-order valence-electron chi connectivity index (χ2n) is 2.29. The highest BCUT2D eigenvalue weighted by molar-refractivity contribution is 8.09. The van der Waals surface area contributed by atoms with Crippen LogP contribution in [0, 0.1) is 0 Å². The molecule has 1 aliphatic rings. The van der Waals surface area contributed by atoms with Gasteiger partial charge in [0.25, 0.3) is 0 Å². The fourth-order valence-electron chi connectivity index (χ4n) is 0.854. The summed E-state index contributed by atoms with van der Waals surface area (Å²) in [5.74, 6) is 2.14. The number of thioether (sulfide) groups is 2. The number of carbonyl (C=O) groups excluding carboxylic acids is 1. The molecule has 0 radical (unpaired) electrons. The van der Waals surface area contributed by atoms with Gasteiger partial charge in [0.05, 0.1) is 13.0 Å². The third-order valence-corrected chi connectivity index (χ3v) is 3.67. The lowest BCUT2D eigenvalue weighted by atomic mass is 10.4. The van der Waals surface area contributed by atoms with Crippen molar-refractivity contribution < 1.29 is 9.53 Å². The molecule has 4 heteroatoms. The molecule has 0 aromatic rings. The van der Waals surface area contributed by atoms with Crippen molar-refractivity contribution in [1.29, 1.82) is 0 Å². The highest BCUT2D eigenvalue weighted by Crippen LogP contribution is 2.28. The summed E-state index contributed by atoms with van der Waals surface area (Å²) in [5.41, 5.74) is 0. The van der Waals surface area contributed by atoms with Crippen molar-refractivity contribution in [3.05, 3.63) is 10.3 Å². The quantitative estimate of drug-likeness (QED) is 0.659. The van der Waals surface area contributed by atoms with Crippen molar-refractivity contribution >= 4 is 29.5 Å². The molecule has 0 fully saturated rings. The first-order chi connectivity index (χ1) is 5.83. The largest absolute Gasteiger partial charge is 0.466 e. The molecule has 0 N–H and O–H groups in total. The minimum absolute atomic E-state index is 0.112. The number of rotatable bonds is 3. The zero-order valence-electron chi connectivity index (χ0n) is 7.04. The SMILES string of the molecule is CCOC(=O)CC1=CSCCS1. The standard InChI is InChI=1S/C8H12O2S2/c1-2-10-8(9)5-7-6-11-3-4-12-7/h6H,2-5H2,1H3. The van der Waals surface area contributed by atoms with Crippen molar-refractivity contribution in [3.63, 3.8) is 0 Å². The molecule has 1 heterocycles. The van der Waals surface area contributed by atoms with Crippen LogP contribution in [-0.4, -0.2) is 24.1 Å². The number of carbonyl (C=O) groups is 1. The molecule has 0 saturated heterocycles. The van der Waals surface area contributed by atoms with Crippen LogP contribution in [0.2, 0.25) is 0 Å². The molecule has 2 nitrogen and oxygen atoms in total. The van der Waals surface area contributed by atoms with Crippen molar-refractivity contribution in [1.82, 2.24) is 0 Å². The number of esters is 1. The molecule has 0 unspecified atom stereocenters. The summed E-state index contributed by atoms with van der Waals surface area (Å²) < 4.78 is 4.84. The fourth-order valence-corrected chi connectivity index (χ4v) is 2.92. The third-order valence-electron chi connectivity index (χ3n) is 1.33. The lowest BCUT2D eigenvalue weighted by Gasteiger charge is -2.10. The Morgan fingerprint density at radius 2 is 2.50 bits per heavy atom. The maximum absolute atomic E-state index is 11.0. The smallest absolute Gasteiger partial charge is 0.310 e. The van der Waals surface area contributed by atoms with Gasteiger partial charge in [-0.2, -0.15) is 0 Å². The predicted octanol–water partition coefficient (Wildman–Crippen LogP) is 2.26. The van der Waals surface area contributed by atoms with Gasteiger partial charge >= 0.3 is 5.97 Å². The van der Waals surface area contributed by atoms with E-state index in [1.807, 2.05) is 6.92 Å². The van der Waals surface area contributed by atoms with E-state index in [0.29, 0.717) is 13.0 Å². The van der Waals surface area contributed by atoms with Crippen LogP contribution in [0.1, 0.15) is 13.3 Å². The second-order valence-corrected chi connectivity index (χ2v) is 4.48. The minimum Gasteiger partial charge on any atom is -0.466 e. The van der Waals surface area contributed by atoms with E-state index in [9.17, 15) is 4.79 Å². The molecular weight excluding hydrogens is 192 g/mol. The molecule has 0 saturated carbocycles. The second kappa shape index (κ2) is 5.54. The van der Waals surface area contributed by atoms with Crippen LogP contribution in [-0.2, 0) is 9.53 Å². The van der Waals surface area contributed by atoms with E-state index in [1.165, 1.54) is 0 Å². The van der Waals surface area contributed by atoms with Crippen LogP contribution in [0.5, 0.6) is 0 Å². The zero-order valence-corrected chi connectivity index (χ0v) is 8.67. The van der Waals surface area contributed by atoms with Crippen molar-refractivity contribution in [2.45, 2.75) is 13.3 Å². The summed E-state index contributed by atoms with van der Waals surface area (Å²) in [6.45, 7) is 2.30. The Labute approximate surface area is 81.1 Å². The average Bonchev–Trinajstić information content (AvgIpc) is 2.06. The molecule has 0 amide bonds. The van der Waals surface area contributed by atoms with Crippen LogP contribution in [0.4, 0.5) is 0 Å². The van der Waals surface area contributed by atoms with Gasteiger partial charge in [0.2, 0.25) is 0 Å². The van der Waals surface area contributed by atoms with Gasteiger partial charge in [-0.3, -0.25) is 4.79 Å². The normalized spacial score (nSPS) is 16.9. The van der Waals surface area contributed by atoms with Gasteiger partial charge in [-0.1, -0.05) is 0 Å². The van der Waals surface area contributed by atoms with Crippen LogP contribution in [0.15, 0.2) is 10.3 Å². The first-order valence-corrected chi connectivity index (χ1v) is 5.95. The topological polar surface area (TPSA) is 26.3 Å². The van der Waals surface area contributed by atoms with E-state index >= 15 is 0 Å². The Kier molecular flexibility index (Phi) is 4.61. The van der Waals surface area contributed by atoms with E-state index in [4.69, 9.17) is 4.74 Å². The number of hydrogen-bond donors (Lipinski definition) is 0. The third kappa shape index (κ3) is 3.54. The van der Waals surface area contributed by atoms with Crippen LogP contribution < -0.4 is 0 Å². The van der Waals surface area contributed by atoms with E-state index in [1.54, 1.807) is 23.5 Å². The lowest BCUT2D eigenvalue weighted by Crippen LogP contribution is -2.05. The maximum atomic E-state index is 11.0. The molecular formula is C8H12O2S2. The molecule has 1 aliphatic heterocycles. The average molecular weight is 204 g/mol. The van der Waals surface area contributed by atoms with E-state index in [0.717, 1.165) is 16.4 Å². The Balaban J connectivity index is 2.29. The molecule has 0 aliphatic carbocycles. The van der Waals surface area contributed by atoms with Gasteiger partial charge in [0.15, 0.2) is 0 Å². The number of ether oxygens (including phenoxy) is 1. The highest BCUT2D eigenvalue weighted by Gasteiger charge is 2.09. The zero-order chi connectivity index (χ0) is 8.81. The van der Waals surface area contributed by atoms with Crippen molar-refractivity contribution in [2.75, 3.05) is 18.1 Å². The lowest BCUT2D eigenvalue weighted by molar-refractivity contribution is -0.142. The molecule has 0 aromatic carbocycles. The molecule has 68 valence electrons. The van der Waals surface area contributed by atoms with Gasteiger partial charge < -0.3 is 4.74 Å². The van der Waals surface area contributed by atoms with Gasteiger partial charge in [-0.05, 0) is 12.3 Å². The Morgan fingerprint density at radius 1 is 1.67 bits per heavy atom. The maximum Gasteiger partial charge on any atom is 0.310 e. The summed E-state index contributed by atoms with van der Waals surface area (Å²) in [4.78, 5) is 12.2. The van der Waals surface area contributed by atoms with Crippen LogP contribution in [0.3, 0.4) is 0 Å². The summed E-state index contributed by atoms with van der Waals surface area (Å²) >= 11 is 3.53. The summed E-state index contributed by atoms with van der Waals surface area (Å²) in [5, 5.41) is 2.06. The summed E-state index contributed by atoms with van der Waals surface area (Å²) in [7, 11) is 0. The Bertz CT molecular complexity index is 189. The van der Waals surface area contributed by atoms with Crippen LogP contribution >= 0.6 is 23.5 Å². The Morgan fingerprint density at radius 3 is 3.08 bits per heavy atom. The summed E-state index contributed by atoms with van der Waals surface area (Å²) in [6.07, 6.45) is 0.450. The molecule has 0 bridgehead atoms. The Hall–Kier alpha value is -0.0900. The summed E-state index contributed by atoms with van der Waals surface area (Å²) in [6, 6.07) is 0. The van der Waals surface area contributed by atoms with Crippen molar-refractivity contribution in [3.8, 4) is 0 Å². The number of hydrogen-bond acceptors (Lipinski definition) is 4. The predicted molar refractivity (Wildman–Crippen MR) is 54.2 cm³/mol. The minimum atomic E-state index is -0.112. The van der Waals surface area contributed by atoms with Crippen molar-refractivity contribution in [2.24, 2.45) is 0 Å². The van der Waals surface area contributed by atoms with Gasteiger partial charge in [-0.15, -0.1) is 23.5 Å². The molecule has 0 spiro atoms. The first-order valence-electron chi connectivity index (χ1n) is 3.92. The van der Waals surface area contributed by atoms with E-state index in [-0.39, 0.29) is 5.97 Å². The van der Waals surface area contributed by atoms with Gasteiger partial charge in [0, 0.05) is 16.4 Å². The molecule has 0 aromatic heterocycles.